The molecule has 102 valence electrons. The average molecular weight is 273 g/mol. The largest absolute Gasteiger partial charge is 0.409 e. The van der Waals surface area contributed by atoms with Gasteiger partial charge in [-0.25, -0.2) is 13.2 Å². The van der Waals surface area contributed by atoms with E-state index < -0.39 is 34.5 Å². The van der Waals surface area contributed by atoms with Crippen LogP contribution in [0.2, 0.25) is 0 Å². The van der Waals surface area contributed by atoms with Gasteiger partial charge < -0.3 is 16.3 Å². The van der Waals surface area contributed by atoms with Gasteiger partial charge >= 0.3 is 0 Å². The maximum absolute atomic E-state index is 13.4. The van der Waals surface area contributed by atoms with E-state index in [0.717, 1.165) is 6.07 Å². The standard InChI is InChI=1S/C11H10F3N3O2/c12-5-1-2-6(8(14)7(5)13)16-10(18)11(3-4-11)9(15)17-19/h1-2,19H,3-4H2,(H2,15,17)(H,16,18). The Morgan fingerprint density at radius 1 is 1.32 bits per heavy atom. The van der Waals surface area contributed by atoms with E-state index in [4.69, 9.17) is 10.9 Å². The fourth-order valence-electron chi connectivity index (χ4n) is 1.68. The third-order valence-corrected chi connectivity index (χ3v) is 3.07. The van der Waals surface area contributed by atoms with Crippen molar-refractivity contribution >= 4 is 17.4 Å². The molecule has 0 unspecified atom stereocenters. The molecule has 1 aliphatic carbocycles. The molecular formula is C11H10F3N3O2. The summed E-state index contributed by atoms with van der Waals surface area (Å²) in [5.41, 5.74) is 3.67. The van der Waals surface area contributed by atoms with Gasteiger partial charge in [-0.3, -0.25) is 4.79 Å². The fourth-order valence-corrected chi connectivity index (χ4v) is 1.68. The fraction of sp³-hybridized carbons (Fsp3) is 0.273. The summed E-state index contributed by atoms with van der Waals surface area (Å²) in [6.07, 6.45) is 0.667. The van der Waals surface area contributed by atoms with Gasteiger partial charge in [0.05, 0.1) is 5.69 Å². The van der Waals surface area contributed by atoms with Crippen molar-refractivity contribution in [3.05, 3.63) is 29.6 Å². The number of nitrogens with one attached hydrogen (secondary N) is 1. The van der Waals surface area contributed by atoms with E-state index in [9.17, 15) is 18.0 Å². The molecule has 0 aliphatic heterocycles. The molecule has 0 atom stereocenters. The first-order valence-electron chi connectivity index (χ1n) is 5.35. The van der Waals surface area contributed by atoms with Crippen molar-refractivity contribution in [2.45, 2.75) is 12.8 Å². The molecule has 0 heterocycles. The SMILES string of the molecule is N/C(=N/O)C1(C(=O)Nc2ccc(F)c(F)c2F)CC1. The normalized spacial score (nSPS) is 17.1. The molecule has 0 spiro atoms. The van der Waals surface area contributed by atoms with Crippen LogP contribution in [0.4, 0.5) is 18.9 Å². The Balaban J connectivity index is 2.24. The van der Waals surface area contributed by atoms with Crippen LogP contribution in [0.25, 0.3) is 0 Å². The summed E-state index contributed by atoms with van der Waals surface area (Å²) >= 11 is 0. The third-order valence-electron chi connectivity index (χ3n) is 3.07. The number of nitrogens with two attached hydrogens (primary N) is 1. The molecule has 5 nitrogen and oxygen atoms in total. The lowest BCUT2D eigenvalue weighted by Gasteiger charge is -2.14. The zero-order chi connectivity index (χ0) is 14.2. The predicted molar refractivity (Wildman–Crippen MR) is 60.0 cm³/mol. The zero-order valence-electron chi connectivity index (χ0n) is 9.58. The maximum atomic E-state index is 13.4. The molecule has 0 radical (unpaired) electrons. The van der Waals surface area contributed by atoms with E-state index in [0.29, 0.717) is 18.9 Å². The number of nitrogens with zero attached hydrogens (tertiary/aromatic N) is 1. The molecule has 1 saturated carbocycles. The second kappa shape index (κ2) is 4.45. The van der Waals surface area contributed by atoms with Crippen LogP contribution in [0.15, 0.2) is 17.3 Å². The highest BCUT2D eigenvalue weighted by Crippen LogP contribution is 2.46. The second-order valence-electron chi connectivity index (χ2n) is 4.24. The van der Waals surface area contributed by atoms with E-state index in [2.05, 4.69) is 10.5 Å². The van der Waals surface area contributed by atoms with Gasteiger partial charge in [-0.1, -0.05) is 5.16 Å². The molecule has 0 aromatic heterocycles. The van der Waals surface area contributed by atoms with Crippen molar-refractivity contribution in [3.8, 4) is 0 Å². The number of carbonyl (C=O) groups is 1. The summed E-state index contributed by atoms with van der Waals surface area (Å²) in [6, 6.07) is 1.59. The van der Waals surface area contributed by atoms with Crippen LogP contribution in [0.5, 0.6) is 0 Å². The highest BCUT2D eigenvalue weighted by Gasteiger charge is 2.54. The van der Waals surface area contributed by atoms with Gasteiger partial charge in [-0.2, -0.15) is 0 Å². The predicted octanol–water partition coefficient (Wildman–Crippen LogP) is 1.57. The molecule has 2 rings (SSSR count). The van der Waals surface area contributed by atoms with Gasteiger partial charge in [0.25, 0.3) is 0 Å². The van der Waals surface area contributed by atoms with E-state index in [1.165, 1.54) is 0 Å². The highest BCUT2D eigenvalue weighted by atomic mass is 19.2. The molecule has 4 N–H and O–H groups in total. The number of hydrogen-bond acceptors (Lipinski definition) is 3. The molecule has 1 aromatic rings. The molecule has 1 fully saturated rings. The van der Waals surface area contributed by atoms with E-state index in [1.54, 1.807) is 0 Å². The van der Waals surface area contributed by atoms with E-state index >= 15 is 0 Å². The topological polar surface area (TPSA) is 87.7 Å². The number of carbonyl (C=O) groups excluding carboxylic acids is 1. The minimum absolute atomic E-state index is 0.298. The lowest BCUT2D eigenvalue weighted by atomic mass is 10.1. The molecule has 0 saturated heterocycles. The summed E-state index contributed by atoms with van der Waals surface area (Å²) in [5.74, 6) is -5.55. The van der Waals surface area contributed by atoms with Crippen molar-refractivity contribution < 1.29 is 23.2 Å². The van der Waals surface area contributed by atoms with Crippen molar-refractivity contribution in [1.82, 2.24) is 0 Å². The number of halogens is 3. The van der Waals surface area contributed by atoms with Crippen molar-refractivity contribution in [2.24, 2.45) is 16.3 Å². The lowest BCUT2D eigenvalue weighted by molar-refractivity contribution is -0.119. The van der Waals surface area contributed by atoms with Crippen LogP contribution in [0, 0.1) is 22.9 Å². The molecular weight excluding hydrogens is 263 g/mol. The lowest BCUT2D eigenvalue weighted by Crippen LogP contribution is -2.36. The molecule has 19 heavy (non-hydrogen) atoms. The van der Waals surface area contributed by atoms with Crippen LogP contribution >= 0.6 is 0 Å². The number of hydrogen-bond donors (Lipinski definition) is 3. The molecule has 8 heteroatoms. The molecule has 1 amide bonds. The molecule has 1 aromatic carbocycles. The summed E-state index contributed by atoms with van der Waals surface area (Å²) < 4.78 is 39.1. The van der Waals surface area contributed by atoms with Gasteiger partial charge in [0.2, 0.25) is 5.91 Å². The number of benzene rings is 1. The minimum Gasteiger partial charge on any atom is -0.409 e. The summed E-state index contributed by atoms with van der Waals surface area (Å²) in [7, 11) is 0. The minimum atomic E-state index is -1.67. The van der Waals surface area contributed by atoms with Gasteiger partial charge in [0.15, 0.2) is 23.3 Å². The van der Waals surface area contributed by atoms with Crippen molar-refractivity contribution in [2.75, 3.05) is 5.32 Å². The van der Waals surface area contributed by atoms with Crippen molar-refractivity contribution in [1.29, 1.82) is 0 Å². The first-order chi connectivity index (χ1) is 8.92. The smallest absolute Gasteiger partial charge is 0.238 e. The van der Waals surface area contributed by atoms with Gasteiger partial charge in [0.1, 0.15) is 5.41 Å². The first-order valence-corrected chi connectivity index (χ1v) is 5.35. The third kappa shape index (κ3) is 2.09. The van der Waals surface area contributed by atoms with E-state index in [-0.39, 0.29) is 5.84 Å². The van der Waals surface area contributed by atoms with E-state index in [1.807, 2.05) is 0 Å². The Morgan fingerprint density at radius 2 is 1.95 bits per heavy atom. The van der Waals surface area contributed by atoms with Crippen LogP contribution in [0.1, 0.15) is 12.8 Å². The van der Waals surface area contributed by atoms with Crippen molar-refractivity contribution in [3.63, 3.8) is 0 Å². The number of amidine groups is 1. The highest BCUT2D eigenvalue weighted by molar-refractivity contribution is 6.14. The molecule has 0 bridgehead atoms. The van der Waals surface area contributed by atoms with Crippen LogP contribution in [0.3, 0.4) is 0 Å². The number of anilines is 1. The monoisotopic (exact) mass is 273 g/mol. The Hall–Kier alpha value is -2.25. The summed E-state index contributed by atoms with van der Waals surface area (Å²) in [4.78, 5) is 11.9. The van der Waals surface area contributed by atoms with Gasteiger partial charge in [0, 0.05) is 0 Å². The number of amides is 1. The van der Waals surface area contributed by atoms with Crippen LogP contribution in [-0.2, 0) is 4.79 Å². The second-order valence-corrected chi connectivity index (χ2v) is 4.24. The van der Waals surface area contributed by atoms with Gasteiger partial charge in [-0.15, -0.1) is 0 Å². The Kier molecular flexibility index (Phi) is 3.09. The van der Waals surface area contributed by atoms with Crippen LogP contribution < -0.4 is 11.1 Å². The summed E-state index contributed by atoms with van der Waals surface area (Å²) in [5, 5.41) is 13.4. The Labute approximate surface area is 105 Å². The molecule has 1 aliphatic rings. The number of oxime groups is 1. The summed E-state index contributed by atoms with van der Waals surface area (Å²) in [6.45, 7) is 0. The Bertz CT molecular complexity index is 571. The van der Waals surface area contributed by atoms with Crippen LogP contribution in [-0.4, -0.2) is 17.0 Å². The number of rotatable bonds is 3. The van der Waals surface area contributed by atoms with Gasteiger partial charge in [-0.05, 0) is 25.0 Å². The zero-order valence-corrected chi connectivity index (χ0v) is 9.58. The first kappa shape index (κ1) is 13.2. The average Bonchev–Trinajstić information content (AvgIpc) is 3.20. The Morgan fingerprint density at radius 3 is 2.47 bits per heavy atom. The quantitative estimate of drug-likeness (QED) is 0.257. The maximum Gasteiger partial charge on any atom is 0.238 e.